The van der Waals surface area contributed by atoms with E-state index in [1.165, 1.54) is 24.1 Å². The number of fused-ring (bicyclic) bond motifs is 1. The molecule has 1 saturated carbocycles. The number of hydrogen-bond donors (Lipinski definition) is 1. The number of carboxylic acid groups (broad SMARTS) is 1. The number of rotatable bonds is 9. The molecule has 1 heterocycles. The molecule has 1 aliphatic heterocycles. The summed E-state index contributed by atoms with van der Waals surface area (Å²) in [5.41, 5.74) is 2.93. The van der Waals surface area contributed by atoms with Crippen molar-refractivity contribution in [1.82, 2.24) is 4.90 Å². The lowest BCUT2D eigenvalue weighted by Crippen LogP contribution is -2.50. The zero-order valence-electron chi connectivity index (χ0n) is 21.8. The van der Waals surface area contributed by atoms with E-state index in [-0.39, 0.29) is 37.4 Å². The van der Waals surface area contributed by atoms with Crippen molar-refractivity contribution in [1.29, 1.82) is 0 Å². The topological polar surface area (TPSA) is 85.3 Å². The van der Waals surface area contributed by atoms with Gasteiger partial charge in [0.25, 0.3) is 5.91 Å². The molecular weight excluding hydrogens is 501 g/mol. The fourth-order valence-corrected chi connectivity index (χ4v) is 5.40. The maximum atomic E-state index is 14.0. The Morgan fingerprint density at radius 1 is 1.03 bits per heavy atom. The Balaban J connectivity index is 1.45. The normalized spacial score (nSPS) is 17.9. The highest BCUT2D eigenvalue weighted by molar-refractivity contribution is 5.88. The molecule has 39 heavy (non-hydrogen) atoms. The third-order valence-electron chi connectivity index (χ3n) is 7.48. The first-order chi connectivity index (χ1) is 18.9. The molecular formula is C31H32FNO6. The molecule has 204 valence electrons. The van der Waals surface area contributed by atoms with Crippen LogP contribution in [0.25, 0.3) is 0 Å². The largest absolute Gasteiger partial charge is 0.493 e. The van der Waals surface area contributed by atoms with Crippen LogP contribution in [0, 0.1) is 5.82 Å². The van der Waals surface area contributed by atoms with Gasteiger partial charge >= 0.3 is 5.97 Å². The second kappa shape index (κ2) is 11.9. The second-order valence-corrected chi connectivity index (χ2v) is 10.0. The zero-order valence-corrected chi connectivity index (χ0v) is 21.8. The number of halogens is 1. The molecule has 0 aromatic heterocycles. The maximum absolute atomic E-state index is 14.0. The summed E-state index contributed by atoms with van der Waals surface area (Å²) in [4.78, 5) is 27.9. The van der Waals surface area contributed by atoms with Crippen LogP contribution in [0.1, 0.15) is 54.0 Å². The minimum Gasteiger partial charge on any atom is -0.493 e. The Hall–Kier alpha value is -3.91. The molecule has 0 unspecified atom stereocenters. The molecule has 0 saturated heterocycles. The second-order valence-electron chi connectivity index (χ2n) is 10.0. The Morgan fingerprint density at radius 2 is 1.74 bits per heavy atom. The fraction of sp³-hybridized carbons (Fsp3) is 0.355. The van der Waals surface area contributed by atoms with Crippen LogP contribution in [-0.4, -0.2) is 41.1 Å². The molecule has 7 nitrogen and oxygen atoms in total. The summed E-state index contributed by atoms with van der Waals surface area (Å²) >= 11 is 0. The van der Waals surface area contributed by atoms with Gasteiger partial charge in [-0.25, -0.2) is 9.18 Å². The molecule has 1 amide bonds. The number of aliphatic carboxylic acids is 1. The van der Waals surface area contributed by atoms with Crippen molar-refractivity contribution in [3.05, 3.63) is 94.8 Å². The van der Waals surface area contributed by atoms with Crippen LogP contribution in [0.15, 0.2) is 66.7 Å². The Bertz CT molecular complexity index is 1310. The van der Waals surface area contributed by atoms with Crippen LogP contribution in [0.2, 0.25) is 0 Å². The van der Waals surface area contributed by atoms with E-state index in [0.717, 1.165) is 36.8 Å². The lowest BCUT2D eigenvalue weighted by atomic mass is 9.91. The molecule has 3 aromatic rings. The van der Waals surface area contributed by atoms with Gasteiger partial charge in [-0.1, -0.05) is 61.4 Å². The molecule has 0 bridgehead atoms. The van der Waals surface area contributed by atoms with Crippen LogP contribution in [-0.2, 0) is 33.9 Å². The molecule has 2 atom stereocenters. The number of ether oxygens (including phenoxy) is 3. The predicted molar refractivity (Wildman–Crippen MR) is 142 cm³/mol. The smallest absolute Gasteiger partial charge is 0.326 e. The van der Waals surface area contributed by atoms with Gasteiger partial charge in [0, 0.05) is 18.5 Å². The summed E-state index contributed by atoms with van der Waals surface area (Å²) < 4.78 is 31.3. The third kappa shape index (κ3) is 5.91. The standard InChI is InChI=1S/C31H32FNO6/c1-37-27-16-13-22-18-33(30(34)28(21-7-3-2-4-8-21)39-24-9-5-6-10-24)26(31(35)36)17-25(22)29(27)38-19-20-11-14-23(32)15-12-20/h2-4,7-8,11-16,24,26,28H,5-6,9-10,17-19H2,1H3,(H,35,36)/t26-,28-/m1/s1. The van der Waals surface area contributed by atoms with Gasteiger partial charge in [0.1, 0.15) is 18.5 Å². The van der Waals surface area contributed by atoms with Crippen molar-refractivity contribution < 1.29 is 33.3 Å². The van der Waals surface area contributed by atoms with Crippen molar-refractivity contribution in [3.8, 4) is 11.5 Å². The van der Waals surface area contributed by atoms with Crippen LogP contribution >= 0.6 is 0 Å². The molecule has 0 radical (unpaired) electrons. The van der Waals surface area contributed by atoms with E-state index < -0.39 is 18.1 Å². The van der Waals surface area contributed by atoms with Crippen molar-refractivity contribution in [2.75, 3.05) is 7.11 Å². The van der Waals surface area contributed by atoms with Crippen molar-refractivity contribution in [3.63, 3.8) is 0 Å². The van der Waals surface area contributed by atoms with Gasteiger partial charge in [-0.15, -0.1) is 0 Å². The highest BCUT2D eigenvalue weighted by Gasteiger charge is 2.41. The monoisotopic (exact) mass is 533 g/mol. The van der Waals surface area contributed by atoms with E-state index >= 15 is 0 Å². The summed E-state index contributed by atoms with van der Waals surface area (Å²) in [6, 6.07) is 17.7. The highest BCUT2D eigenvalue weighted by atomic mass is 19.1. The first-order valence-corrected chi connectivity index (χ1v) is 13.2. The molecule has 3 aromatic carbocycles. The number of hydrogen-bond acceptors (Lipinski definition) is 5. The molecule has 8 heteroatoms. The van der Waals surface area contributed by atoms with Crippen LogP contribution in [0.5, 0.6) is 11.5 Å². The molecule has 2 aliphatic rings. The van der Waals surface area contributed by atoms with Gasteiger partial charge in [-0.05, 0) is 47.7 Å². The number of benzene rings is 3. The quantitative estimate of drug-likeness (QED) is 0.394. The fourth-order valence-electron chi connectivity index (χ4n) is 5.40. The van der Waals surface area contributed by atoms with Gasteiger partial charge in [0.05, 0.1) is 13.2 Å². The number of nitrogens with zero attached hydrogens (tertiary/aromatic N) is 1. The first kappa shape index (κ1) is 26.7. The van der Waals surface area contributed by atoms with Crippen LogP contribution < -0.4 is 9.47 Å². The number of carbonyl (C=O) groups excluding carboxylic acids is 1. The van der Waals surface area contributed by atoms with Gasteiger partial charge in [-0.3, -0.25) is 4.79 Å². The predicted octanol–water partition coefficient (Wildman–Crippen LogP) is 5.45. The summed E-state index contributed by atoms with van der Waals surface area (Å²) in [6.07, 6.45) is 3.01. The van der Waals surface area contributed by atoms with Crippen LogP contribution in [0.4, 0.5) is 4.39 Å². The zero-order chi connectivity index (χ0) is 27.4. The molecule has 1 N–H and O–H groups in total. The molecule has 1 aliphatic carbocycles. The lowest BCUT2D eigenvalue weighted by molar-refractivity contribution is -0.160. The number of amides is 1. The average molecular weight is 534 g/mol. The van der Waals surface area contributed by atoms with Crippen molar-refractivity contribution >= 4 is 11.9 Å². The Labute approximate surface area is 227 Å². The number of carboxylic acids is 1. The minimum atomic E-state index is -1.11. The minimum absolute atomic E-state index is 0.0322. The third-order valence-corrected chi connectivity index (χ3v) is 7.48. The maximum Gasteiger partial charge on any atom is 0.326 e. The van der Waals surface area contributed by atoms with Gasteiger partial charge in [0.15, 0.2) is 17.6 Å². The van der Waals surface area contributed by atoms with Gasteiger partial charge in [-0.2, -0.15) is 0 Å². The Kier molecular flexibility index (Phi) is 8.12. The van der Waals surface area contributed by atoms with E-state index in [1.54, 1.807) is 18.2 Å². The molecule has 1 fully saturated rings. The summed E-state index contributed by atoms with van der Waals surface area (Å²) in [5.74, 6) is -0.913. The SMILES string of the molecule is COc1ccc2c(c1OCc1ccc(F)cc1)C[C@H](C(=O)O)N(C(=O)[C@H](OC1CCCC1)c1ccccc1)C2. The van der Waals surface area contributed by atoms with E-state index in [9.17, 15) is 19.1 Å². The van der Waals surface area contributed by atoms with Gasteiger partial charge < -0.3 is 24.2 Å². The first-order valence-electron chi connectivity index (χ1n) is 13.2. The number of carbonyl (C=O) groups is 2. The summed E-state index contributed by atoms with van der Waals surface area (Å²) in [6.45, 7) is 0.248. The lowest BCUT2D eigenvalue weighted by Gasteiger charge is -2.37. The van der Waals surface area contributed by atoms with E-state index in [2.05, 4.69) is 0 Å². The molecule has 0 spiro atoms. The van der Waals surface area contributed by atoms with Crippen molar-refractivity contribution in [2.45, 2.75) is 63.5 Å². The average Bonchev–Trinajstić information content (AvgIpc) is 3.48. The molecule has 5 rings (SSSR count). The van der Waals surface area contributed by atoms with Crippen LogP contribution in [0.3, 0.4) is 0 Å². The van der Waals surface area contributed by atoms with Gasteiger partial charge in [0.2, 0.25) is 0 Å². The highest BCUT2D eigenvalue weighted by Crippen LogP contribution is 2.40. The number of methoxy groups -OCH3 is 1. The van der Waals surface area contributed by atoms with Crippen molar-refractivity contribution in [2.24, 2.45) is 0 Å². The van der Waals surface area contributed by atoms with E-state index in [4.69, 9.17) is 14.2 Å². The summed E-state index contributed by atoms with van der Waals surface area (Å²) in [5, 5.41) is 10.2. The van der Waals surface area contributed by atoms with E-state index in [0.29, 0.717) is 22.6 Å². The Morgan fingerprint density at radius 3 is 2.41 bits per heavy atom. The van der Waals surface area contributed by atoms with E-state index in [1.807, 2.05) is 36.4 Å². The summed E-state index contributed by atoms with van der Waals surface area (Å²) in [7, 11) is 1.52.